The molecule has 3 heteroatoms. The van der Waals surface area contributed by atoms with Crippen molar-refractivity contribution >= 4 is 29.6 Å². The van der Waals surface area contributed by atoms with E-state index in [-0.39, 0.29) is 12.4 Å². The molecule has 0 aliphatic heterocycles. The summed E-state index contributed by atoms with van der Waals surface area (Å²) in [6.45, 7) is 3.30. The van der Waals surface area contributed by atoms with Gasteiger partial charge in [-0.15, -0.1) is 12.4 Å². The molecule has 116 valence electrons. The highest BCUT2D eigenvalue weighted by atomic mass is 35.5. The molecule has 0 bridgehead atoms. The van der Waals surface area contributed by atoms with E-state index in [1.54, 1.807) is 12.5 Å². The van der Waals surface area contributed by atoms with E-state index < -0.39 is 0 Å². The summed E-state index contributed by atoms with van der Waals surface area (Å²) in [5, 5.41) is 0. The summed E-state index contributed by atoms with van der Waals surface area (Å²) in [4.78, 5) is 2.24. The third-order valence-corrected chi connectivity index (χ3v) is 4.06. The molecular formula is C19H22ClNO. The third-order valence-electron chi connectivity index (χ3n) is 4.06. The van der Waals surface area contributed by atoms with Crippen molar-refractivity contribution in [2.24, 2.45) is 0 Å². The number of halogens is 1. The quantitative estimate of drug-likeness (QED) is 0.791. The Balaban J connectivity index is 0.00000176. The van der Waals surface area contributed by atoms with Crippen molar-refractivity contribution in [1.82, 2.24) is 4.90 Å². The van der Waals surface area contributed by atoms with Crippen molar-refractivity contribution in [3.8, 4) is 0 Å². The van der Waals surface area contributed by atoms with Gasteiger partial charge in [0.2, 0.25) is 0 Å². The fraction of sp³-hybridized carbons (Fsp3) is 0.263. The number of nitrogens with zero attached hydrogens (tertiary/aromatic N) is 1. The first-order valence-electron chi connectivity index (χ1n) is 7.35. The molecule has 0 fully saturated rings. The monoisotopic (exact) mass is 315 g/mol. The lowest BCUT2D eigenvalue weighted by molar-refractivity contribution is 0.419. The average Bonchev–Trinajstić information content (AvgIpc) is 3.06. The zero-order valence-corrected chi connectivity index (χ0v) is 14.1. The molecule has 1 aliphatic carbocycles. The van der Waals surface area contributed by atoms with E-state index in [0.29, 0.717) is 0 Å². The maximum atomic E-state index is 5.19. The van der Waals surface area contributed by atoms with Gasteiger partial charge < -0.3 is 9.32 Å². The lowest BCUT2D eigenvalue weighted by atomic mass is 10.0. The molecule has 0 amide bonds. The van der Waals surface area contributed by atoms with Gasteiger partial charge in [-0.05, 0) is 67.4 Å². The van der Waals surface area contributed by atoms with E-state index in [2.05, 4.69) is 56.3 Å². The maximum Gasteiger partial charge on any atom is 0.0975 e. The molecule has 0 saturated heterocycles. The Morgan fingerprint density at radius 3 is 2.45 bits per heavy atom. The Morgan fingerprint density at radius 2 is 1.82 bits per heavy atom. The van der Waals surface area contributed by atoms with E-state index in [0.717, 1.165) is 18.5 Å². The zero-order chi connectivity index (χ0) is 14.8. The van der Waals surface area contributed by atoms with Gasteiger partial charge in [0.25, 0.3) is 0 Å². The van der Waals surface area contributed by atoms with Crippen LogP contribution in [0.2, 0.25) is 0 Å². The molecule has 0 unspecified atom stereocenters. The number of allylic oxidation sites excluding steroid dienone is 2. The van der Waals surface area contributed by atoms with E-state index in [9.17, 15) is 0 Å². The molecule has 2 nitrogen and oxygen atoms in total. The molecule has 1 aromatic heterocycles. The summed E-state index contributed by atoms with van der Waals surface area (Å²) < 4.78 is 5.19. The minimum Gasteiger partial charge on any atom is -0.472 e. The Bertz CT molecular complexity index is 696. The second-order valence-corrected chi connectivity index (χ2v) is 5.82. The minimum atomic E-state index is 0. The molecule has 22 heavy (non-hydrogen) atoms. The minimum absolute atomic E-state index is 0. The van der Waals surface area contributed by atoms with Gasteiger partial charge in [-0.1, -0.05) is 24.3 Å². The van der Waals surface area contributed by atoms with Gasteiger partial charge in [-0.25, -0.2) is 0 Å². The van der Waals surface area contributed by atoms with Crippen molar-refractivity contribution in [3.63, 3.8) is 0 Å². The molecule has 2 aromatic rings. The van der Waals surface area contributed by atoms with Crippen LogP contribution in [0.15, 0.2) is 52.8 Å². The highest BCUT2D eigenvalue weighted by Gasteiger charge is 2.22. The SMILES string of the molecule is CC1=C(CCN(C)C)c2ccccc2/C1=C/c1ccoc1.Cl. The summed E-state index contributed by atoms with van der Waals surface area (Å²) in [6.07, 6.45) is 6.82. The Hall–Kier alpha value is -1.77. The normalized spacial score (nSPS) is 15.4. The first kappa shape index (κ1) is 16.6. The number of fused-ring (bicyclic) bond motifs is 1. The third kappa shape index (κ3) is 3.18. The van der Waals surface area contributed by atoms with Gasteiger partial charge in [-0.2, -0.15) is 0 Å². The molecule has 0 saturated carbocycles. The second kappa shape index (κ2) is 6.99. The molecule has 3 rings (SSSR count). The van der Waals surface area contributed by atoms with Crippen LogP contribution in [0.3, 0.4) is 0 Å². The van der Waals surface area contributed by atoms with Crippen molar-refractivity contribution in [1.29, 1.82) is 0 Å². The number of hydrogen-bond acceptors (Lipinski definition) is 2. The summed E-state index contributed by atoms with van der Waals surface area (Å²) in [7, 11) is 4.25. The highest BCUT2D eigenvalue weighted by molar-refractivity contribution is 6.05. The number of hydrogen-bond donors (Lipinski definition) is 0. The molecular weight excluding hydrogens is 294 g/mol. The topological polar surface area (TPSA) is 16.4 Å². The average molecular weight is 316 g/mol. The predicted octanol–water partition coefficient (Wildman–Crippen LogP) is 4.98. The fourth-order valence-electron chi connectivity index (χ4n) is 2.92. The van der Waals surface area contributed by atoms with Crippen LogP contribution in [0, 0.1) is 0 Å². The van der Waals surface area contributed by atoms with E-state index in [4.69, 9.17) is 4.42 Å². The van der Waals surface area contributed by atoms with Crippen LogP contribution >= 0.6 is 12.4 Å². The van der Waals surface area contributed by atoms with Gasteiger partial charge in [0.1, 0.15) is 0 Å². The van der Waals surface area contributed by atoms with Crippen LogP contribution in [0.25, 0.3) is 17.2 Å². The second-order valence-electron chi connectivity index (χ2n) is 5.82. The van der Waals surface area contributed by atoms with Gasteiger partial charge in [0.05, 0.1) is 12.5 Å². The lowest BCUT2D eigenvalue weighted by Crippen LogP contribution is -2.13. The molecule has 0 spiro atoms. The number of benzene rings is 1. The van der Waals surface area contributed by atoms with Crippen molar-refractivity contribution in [2.75, 3.05) is 20.6 Å². The Labute approximate surface area is 138 Å². The maximum absolute atomic E-state index is 5.19. The standard InChI is InChI=1S/C19H21NO.ClH/c1-14-16(8-10-20(2)3)17-6-4-5-7-18(17)19(14)12-15-9-11-21-13-15;/h4-7,9,11-13H,8,10H2,1-3H3;1H/b19-12+;. The molecule has 0 N–H and O–H groups in total. The largest absolute Gasteiger partial charge is 0.472 e. The van der Waals surface area contributed by atoms with Gasteiger partial charge in [-0.3, -0.25) is 0 Å². The van der Waals surface area contributed by atoms with Gasteiger partial charge in [0, 0.05) is 12.1 Å². The van der Waals surface area contributed by atoms with E-state index in [1.807, 2.05) is 6.07 Å². The van der Waals surface area contributed by atoms with Crippen LogP contribution in [0.4, 0.5) is 0 Å². The van der Waals surface area contributed by atoms with Gasteiger partial charge in [0.15, 0.2) is 0 Å². The molecule has 0 radical (unpaired) electrons. The van der Waals surface area contributed by atoms with E-state index >= 15 is 0 Å². The van der Waals surface area contributed by atoms with Gasteiger partial charge >= 0.3 is 0 Å². The van der Waals surface area contributed by atoms with Crippen LogP contribution in [-0.2, 0) is 0 Å². The summed E-state index contributed by atoms with van der Waals surface area (Å²) >= 11 is 0. The highest BCUT2D eigenvalue weighted by Crippen LogP contribution is 2.43. The summed E-state index contributed by atoms with van der Waals surface area (Å²) in [5.74, 6) is 0. The van der Waals surface area contributed by atoms with Crippen LogP contribution in [0.5, 0.6) is 0 Å². The Kier molecular flexibility index (Phi) is 5.28. The smallest absolute Gasteiger partial charge is 0.0975 e. The molecule has 1 aromatic carbocycles. The van der Waals surface area contributed by atoms with Crippen molar-refractivity contribution in [2.45, 2.75) is 13.3 Å². The zero-order valence-electron chi connectivity index (χ0n) is 13.3. The van der Waals surface area contributed by atoms with Crippen LogP contribution in [-0.4, -0.2) is 25.5 Å². The van der Waals surface area contributed by atoms with Crippen LogP contribution in [0.1, 0.15) is 30.0 Å². The Morgan fingerprint density at radius 1 is 1.09 bits per heavy atom. The van der Waals surface area contributed by atoms with E-state index in [1.165, 1.54) is 27.8 Å². The summed E-state index contributed by atoms with van der Waals surface area (Å²) in [6, 6.07) is 10.7. The summed E-state index contributed by atoms with van der Waals surface area (Å²) in [5.41, 5.74) is 8.01. The predicted molar refractivity (Wildman–Crippen MR) is 96.0 cm³/mol. The lowest BCUT2D eigenvalue weighted by Gasteiger charge is -2.11. The first-order valence-corrected chi connectivity index (χ1v) is 7.35. The van der Waals surface area contributed by atoms with Crippen molar-refractivity contribution in [3.05, 3.63) is 65.1 Å². The molecule has 1 heterocycles. The number of furan rings is 1. The molecule has 1 aliphatic rings. The molecule has 0 atom stereocenters. The van der Waals surface area contributed by atoms with Crippen LogP contribution < -0.4 is 0 Å². The first-order chi connectivity index (χ1) is 10.2. The fourth-order valence-corrected chi connectivity index (χ4v) is 2.92. The van der Waals surface area contributed by atoms with Crippen molar-refractivity contribution < 1.29 is 4.42 Å². The number of rotatable bonds is 4.